The molecule has 6 nitrogen and oxygen atoms in total. The van der Waals surface area contributed by atoms with Crippen LogP contribution in [0, 0.1) is 0 Å². The van der Waals surface area contributed by atoms with Crippen molar-refractivity contribution in [3.8, 4) is 0 Å². The molecule has 0 aliphatic carbocycles. The zero-order valence-electron chi connectivity index (χ0n) is 14.1. The predicted molar refractivity (Wildman–Crippen MR) is 111 cm³/mol. The third-order valence-corrected chi connectivity index (χ3v) is 5.50. The van der Waals surface area contributed by atoms with Crippen LogP contribution >= 0.6 is 31.9 Å². The molecular weight excluding hydrogens is 486 g/mol. The first kappa shape index (κ1) is 20.6. The first-order valence-corrected chi connectivity index (χ1v) is 10.9. The minimum Gasteiger partial charge on any atom is -0.271 e. The van der Waals surface area contributed by atoms with Gasteiger partial charge in [-0.15, -0.1) is 0 Å². The van der Waals surface area contributed by atoms with Crippen LogP contribution in [-0.4, -0.2) is 32.8 Å². The van der Waals surface area contributed by atoms with E-state index in [2.05, 4.69) is 42.4 Å². The lowest BCUT2D eigenvalue weighted by Crippen LogP contribution is -2.39. The van der Waals surface area contributed by atoms with E-state index >= 15 is 0 Å². The summed E-state index contributed by atoms with van der Waals surface area (Å²) in [6.45, 7) is 1.38. The number of halogens is 2. The molecule has 26 heavy (non-hydrogen) atoms. The lowest BCUT2D eigenvalue weighted by atomic mass is 10.1. The van der Waals surface area contributed by atoms with Crippen LogP contribution in [0.3, 0.4) is 0 Å². The van der Waals surface area contributed by atoms with Crippen LogP contribution in [0.5, 0.6) is 0 Å². The topological polar surface area (TPSA) is 78.8 Å². The molecule has 1 amide bonds. The molecular formula is C17H17Br2N3O3S. The highest BCUT2D eigenvalue weighted by atomic mass is 79.9. The number of benzene rings is 2. The second kappa shape index (κ2) is 8.79. The molecule has 0 spiro atoms. The van der Waals surface area contributed by atoms with Crippen LogP contribution < -0.4 is 9.73 Å². The van der Waals surface area contributed by atoms with E-state index in [1.807, 2.05) is 24.3 Å². The molecule has 0 aromatic heterocycles. The minimum atomic E-state index is -3.63. The number of anilines is 1. The van der Waals surface area contributed by atoms with Crippen molar-refractivity contribution < 1.29 is 13.2 Å². The van der Waals surface area contributed by atoms with Crippen molar-refractivity contribution in [1.29, 1.82) is 0 Å². The summed E-state index contributed by atoms with van der Waals surface area (Å²) in [4.78, 5) is 12.2. The van der Waals surface area contributed by atoms with Gasteiger partial charge in [-0.25, -0.2) is 13.8 Å². The maximum Gasteiger partial charge on any atom is 0.260 e. The van der Waals surface area contributed by atoms with E-state index in [1.54, 1.807) is 31.2 Å². The van der Waals surface area contributed by atoms with Crippen molar-refractivity contribution in [1.82, 2.24) is 5.43 Å². The van der Waals surface area contributed by atoms with E-state index in [0.29, 0.717) is 15.9 Å². The third kappa shape index (κ3) is 5.93. The van der Waals surface area contributed by atoms with Crippen LogP contribution in [0.4, 0.5) is 5.69 Å². The van der Waals surface area contributed by atoms with Gasteiger partial charge in [-0.05, 0) is 42.8 Å². The Labute approximate surface area is 169 Å². The van der Waals surface area contributed by atoms with Gasteiger partial charge in [0.05, 0.1) is 17.7 Å². The number of hydrogen-bond donors (Lipinski definition) is 1. The van der Waals surface area contributed by atoms with Crippen molar-refractivity contribution in [3.05, 3.63) is 63.0 Å². The van der Waals surface area contributed by atoms with Gasteiger partial charge < -0.3 is 0 Å². The Morgan fingerprint density at radius 1 is 1.12 bits per heavy atom. The summed E-state index contributed by atoms with van der Waals surface area (Å²) in [6.07, 6.45) is 1.05. The number of hydrogen-bond acceptors (Lipinski definition) is 4. The molecule has 0 heterocycles. The highest BCUT2D eigenvalue weighted by molar-refractivity contribution is 9.10. The zero-order valence-corrected chi connectivity index (χ0v) is 18.1. The number of nitrogens with zero attached hydrogens (tertiary/aromatic N) is 2. The average Bonchev–Trinajstić information content (AvgIpc) is 2.56. The van der Waals surface area contributed by atoms with Gasteiger partial charge in [-0.3, -0.25) is 9.10 Å². The molecule has 0 radical (unpaired) electrons. The van der Waals surface area contributed by atoms with E-state index in [0.717, 1.165) is 20.6 Å². The van der Waals surface area contributed by atoms with E-state index in [9.17, 15) is 13.2 Å². The van der Waals surface area contributed by atoms with Crippen molar-refractivity contribution >= 4 is 59.2 Å². The maximum absolute atomic E-state index is 12.2. The van der Waals surface area contributed by atoms with Crippen molar-refractivity contribution in [2.24, 2.45) is 5.10 Å². The highest BCUT2D eigenvalue weighted by Gasteiger charge is 2.21. The van der Waals surface area contributed by atoms with Gasteiger partial charge in [-0.1, -0.05) is 50.1 Å². The predicted octanol–water partition coefficient (Wildman–Crippen LogP) is 3.52. The quantitative estimate of drug-likeness (QED) is 0.484. The minimum absolute atomic E-state index is 0.370. The zero-order chi connectivity index (χ0) is 19.3. The number of hydrazone groups is 1. The number of sulfonamides is 1. The molecule has 2 rings (SSSR count). The Kier molecular flexibility index (Phi) is 6.96. The van der Waals surface area contributed by atoms with Gasteiger partial charge in [0.2, 0.25) is 10.0 Å². The first-order valence-electron chi connectivity index (χ1n) is 7.49. The summed E-state index contributed by atoms with van der Waals surface area (Å²) >= 11 is 6.67. The van der Waals surface area contributed by atoms with E-state index in [4.69, 9.17) is 0 Å². The van der Waals surface area contributed by atoms with Gasteiger partial charge in [0.15, 0.2) is 0 Å². The lowest BCUT2D eigenvalue weighted by molar-refractivity contribution is -0.119. The van der Waals surface area contributed by atoms with Gasteiger partial charge in [0.25, 0.3) is 5.91 Å². The largest absolute Gasteiger partial charge is 0.271 e. The monoisotopic (exact) mass is 501 g/mol. The SMILES string of the molecule is C/C(=N/NC(=O)CN(c1cccc(Br)c1)S(C)(=O)=O)c1cccc(Br)c1. The third-order valence-electron chi connectivity index (χ3n) is 3.37. The fourth-order valence-corrected chi connectivity index (χ4v) is 3.76. The molecule has 0 fully saturated rings. The Balaban J connectivity index is 2.14. The average molecular weight is 503 g/mol. The van der Waals surface area contributed by atoms with Crippen LogP contribution in [0.2, 0.25) is 0 Å². The highest BCUT2D eigenvalue weighted by Crippen LogP contribution is 2.21. The Morgan fingerprint density at radius 3 is 2.31 bits per heavy atom. The Morgan fingerprint density at radius 2 is 1.73 bits per heavy atom. The second-order valence-electron chi connectivity index (χ2n) is 5.49. The standard InChI is InChI=1S/C17H17Br2N3O3S/c1-12(13-5-3-6-14(18)9-13)20-21-17(23)11-22(26(2,24)25)16-8-4-7-15(19)10-16/h3-10H,11H2,1-2H3,(H,21,23)/b20-12-. The van der Waals surface area contributed by atoms with Gasteiger partial charge in [0, 0.05) is 8.95 Å². The van der Waals surface area contributed by atoms with Crippen LogP contribution in [0.25, 0.3) is 0 Å². The number of rotatable bonds is 6. The fraction of sp³-hybridized carbons (Fsp3) is 0.176. The molecule has 2 aromatic rings. The van der Waals surface area contributed by atoms with E-state index in [1.165, 1.54) is 0 Å². The smallest absolute Gasteiger partial charge is 0.260 e. The maximum atomic E-state index is 12.2. The summed E-state index contributed by atoms with van der Waals surface area (Å²) in [5.74, 6) is -0.537. The van der Waals surface area contributed by atoms with E-state index in [-0.39, 0.29) is 6.54 Å². The summed E-state index contributed by atoms with van der Waals surface area (Å²) in [5, 5.41) is 4.05. The van der Waals surface area contributed by atoms with Gasteiger partial charge in [0.1, 0.15) is 6.54 Å². The molecule has 0 aliphatic heterocycles. The summed E-state index contributed by atoms with van der Waals surface area (Å²) in [7, 11) is -3.63. The molecule has 0 saturated heterocycles. The fourth-order valence-electron chi connectivity index (χ4n) is 2.12. The van der Waals surface area contributed by atoms with Crippen molar-refractivity contribution in [2.75, 3.05) is 17.1 Å². The summed E-state index contributed by atoms with van der Waals surface area (Å²) < 4.78 is 26.8. The normalized spacial score (nSPS) is 11.9. The van der Waals surface area contributed by atoms with Crippen LogP contribution in [-0.2, 0) is 14.8 Å². The summed E-state index contributed by atoms with van der Waals surface area (Å²) in [5.41, 5.74) is 4.24. The molecule has 0 aliphatic rings. The second-order valence-corrected chi connectivity index (χ2v) is 9.23. The number of carbonyl (C=O) groups excluding carboxylic acids is 1. The van der Waals surface area contributed by atoms with E-state index < -0.39 is 15.9 Å². The molecule has 2 aromatic carbocycles. The van der Waals surface area contributed by atoms with Gasteiger partial charge in [-0.2, -0.15) is 5.10 Å². The molecule has 0 bridgehead atoms. The molecule has 1 N–H and O–H groups in total. The van der Waals surface area contributed by atoms with Gasteiger partial charge >= 0.3 is 0 Å². The summed E-state index contributed by atoms with van der Waals surface area (Å²) in [6, 6.07) is 14.2. The van der Waals surface area contributed by atoms with Crippen LogP contribution in [0.1, 0.15) is 12.5 Å². The number of carbonyl (C=O) groups is 1. The number of nitrogens with one attached hydrogen (secondary N) is 1. The number of amides is 1. The van der Waals surface area contributed by atoms with Crippen molar-refractivity contribution in [2.45, 2.75) is 6.92 Å². The molecule has 0 atom stereocenters. The molecule has 9 heteroatoms. The first-order chi connectivity index (χ1) is 12.2. The molecule has 138 valence electrons. The Hall–Kier alpha value is -1.71. The lowest BCUT2D eigenvalue weighted by Gasteiger charge is -2.21. The Bertz CT molecular complexity index is 946. The molecule has 0 unspecified atom stereocenters. The molecule has 0 saturated carbocycles. The van der Waals surface area contributed by atoms with Crippen molar-refractivity contribution in [3.63, 3.8) is 0 Å². The van der Waals surface area contributed by atoms with Crippen LogP contribution in [0.15, 0.2) is 62.6 Å².